The summed E-state index contributed by atoms with van der Waals surface area (Å²) >= 11 is 0. The predicted octanol–water partition coefficient (Wildman–Crippen LogP) is 4.60. The van der Waals surface area contributed by atoms with E-state index < -0.39 is 5.41 Å². The molecule has 0 aliphatic carbocycles. The number of rotatable bonds is 6. The summed E-state index contributed by atoms with van der Waals surface area (Å²) in [6.45, 7) is 5.30. The molecule has 0 radical (unpaired) electrons. The summed E-state index contributed by atoms with van der Waals surface area (Å²) in [7, 11) is 4.14. The molecule has 2 aromatic carbocycles. The topological polar surface area (TPSA) is 27.0 Å². The number of fused-ring (bicyclic) bond motifs is 1. The maximum atomic E-state index is 10.0. The molecule has 0 aromatic heterocycles. The molecule has 2 aromatic rings. The number of nitrogens with zero attached hydrogens (tertiary/aromatic N) is 2. The van der Waals surface area contributed by atoms with Crippen molar-refractivity contribution in [3.05, 3.63) is 48.0 Å². The van der Waals surface area contributed by atoms with Gasteiger partial charge in [0.15, 0.2) is 0 Å². The zero-order chi connectivity index (χ0) is 16.2. The minimum Gasteiger partial charge on any atom is -0.309 e. The fraction of sp³-hybridized carbons (Fsp3) is 0.450. The molecular weight excluding hydrogens is 268 g/mol. The quantitative estimate of drug-likeness (QED) is 0.778. The van der Waals surface area contributed by atoms with Crippen LogP contribution in [0.4, 0.5) is 0 Å². The van der Waals surface area contributed by atoms with E-state index in [2.05, 4.69) is 81.4 Å². The Labute approximate surface area is 134 Å². The monoisotopic (exact) mass is 294 g/mol. The number of hydrogen-bond acceptors (Lipinski definition) is 2. The average Bonchev–Trinajstić information content (AvgIpc) is 2.55. The Kier molecular flexibility index (Phi) is 5.21. The summed E-state index contributed by atoms with van der Waals surface area (Å²) in [6.07, 6.45) is 1.87. The molecule has 0 fully saturated rings. The van der Waals surface area contributed by atoms with Crippen LogP contribution in [0.5, 0.6) is 0 Å². The lowest BCUT2D eigenvalue weighted by atomic mass is 9.68. The van der Waals surface area contributed by atoms with Crippen LogP contribution in [-0.2, 0) is 5.41 Å². The van der Waals surface area contributed by atoms with Gasteiger partial charge in [0.25, 0.3) is 0 Å². The Morgan fingerprint density at radius 1 is 1.14 bits per heavy atom. The lowest BCUT2D eigenvalue weighted by molar-refractivity contribution is 0.285. The third-order valence-corrected chi connectivity index (χ3v) is 4.87. The molecule has 2 rings (SSSR count). The first-order chi connectivity index (χ1) is 10.5. The first-order valence-electron chi connectivity index (χ1n) is 8.08. The van der Waals surface area contributed by atoms with Gasteiger partial charge in [0, 0.05) is 0 Å². The summed E-state index contributed by atoms with van der Waals surface area (Å²) < 4.78 is 0. The van der Waals surface area contributed by atoms with Crippen LogP contribution in [0.15, 0.2) is 42.5 Å². The molecule has 0 spiro atoms. The first kappa shape index (κ1) is 16.5. The summed E-state index contributed by atoms with van der Waals surface area (Å²) in [4.78, 5) is 2.16. The van der Waals surface area contributed by atoms with Crippen molar-refractivity contribution in [2.75, 3.05) is 20.6 Å². The van der Waals surface area contributed by atoms with Crippen molar-refractivity contribution < 1.29 is 0 Å². The van der Waals surface area contributed by atoms with Gasteiger partial charge in [-0.25, -0.2) is 0 Å². The second-order valence-corrected chi connectivity index (χ2v) is 6.51. The van der Waals surface area contributed by atoms with E-state index in [9.17, 15) is 5.26 Å². The number of nitriles is 1. The molecular formula is C20H26N2. The molecule has 0 saturated heterocycles. The molecule has 2 heteroatoms. The van der Waals surface area contributed by atoms with E-state index in [0.29, 0.717) is 5.92 Å². The van der Waals surface area contributed by atoms with Crippen molar-refractivity contribution in [1.82, 2.24) is 4.90 Å². The Balaban J connectivity index is 2.52. The number of hydrogen-bond donors (Lipinski definition) is 0. The van der Waals surface area contributed by atoms with Gasteiger partial charge in [-0.3, -0.25) is 0 Å². The van der Waals surface area contributed by atoms with Crippen LogP contribution in [-0.4, -0.2) is 25.5 Å². The molecule has 0 bridgehead atoms. The maximum Gasteiger partial charge on any atom is 0.0860 e. The van der Waals surface area contributed by atoms with Crippen molar-refractivity contribution in [2.45, 2.75) is 32.1 Å². The Morgan fingerprint density at radius 2 is 1.82 bits per heavy atom. The fourth-order valence-electron chi connectivity index (χ4n) is 3.12. The molecule has 0 aliphatic rings. The highest BCUT2D eigenvalue weighted by Crippen LogP contribution is 2.38. The van der Waals surface area contributed by atoms with Crippen LogP contribution in [0.1, 0.15) is 32.3 Å². The van der Waals surface area contributed by atoms with Gasteiger partial charge in [-0.05, 0) is 55.4 Å². The predicted molar refractivity (Wildman–Crippen MR) is 93.9 cm³/mol. The summed E-state index contributed by atoms with van der Waals surface area (Å²) in [5.74, 6) is 0.332. The van der Waals surface area contributed by atoms with Gasteiger partial charge in [-0.1, -0.05) is 56.7 Å². The minimum atomic E-state index is -0.414. The molecule has 0 saturated carbocycles. The summed E-state index contributed by atoms with van der Waals surface area (Å²) in [5.41, 5.74) is 0.744. The highest BCUT2D eigenvalue weighted by Gasteiger charge is 2.37. The van der Waals surface area contributed by atoms with Crippen LogP contribution in [0.3, 0.4) is 0 Å². The minimum absolute atomic E-state index is 0.332. The van der Waals surface area contributed by atoms with Gasteiger partial charge < -0.3 is 4.90 Å². The second-order valence-electron chi connectivity index (χ2n) is 6.51. The van der Waals surface area contributed by atoms with E-state index >= 15 is 0 Å². The van der Waals surface area contributed by atoms with E-state index in [4.69, 9.17) is 0 Å². The van der Waals surface area contributed by atoms with E-state index in [1.807, 2.05) is 0 Å². The van der Waals surface area contributed by atoms with Gasteiger partial charge in [-0.15, -0.1) is 0 Å². The van der Waals surface area contributed by atoms with Gasteiger partial charge in [0.1, 0.15) is 0 Å². The van der Waals surface area contributed by atoms with Gasteiger partial charge in [-0.2, -0.15) is 5.26 Å². The van der Waals surface area contributed by atoms with Crippen LogP contribution in [0, 0.1) is 17.2 Å². The molecule has 0 aliphatic heterocycles. The average molecular weight is 294 g/mol. The third kappa shape index (κ3) is 3.15. The Bertz CT molecular complexity index is 669. The zero-order valence-corrected chi connectivity index (χ0v) is 14.1. The number of benzene rings is 2. The van der Waals surface area contributed by atoms with Crippen molar-refractivity contribution in [2.24, 2.45) is 5.92 Å². The SMILES string of the molecule is CC[C@@H](C)[C@](C#N)(CCN(C)C)c1ccc2ccccc2c1. The Morgan fingerprint density at radius 3 is 2.41 bits per heavy atom. The van der Waals surface area contributed by atoms with Crippen molar-refractivity contribution in [3.63, 3.8) is 0 Å². The van der Waals surface area contributed by atoms with Gasteiger partial charge in [0.2, 0.25) is 0 Å². The van der Waals surface area contributed by atoms with E-state index in [1.54, 1.807) is 0 Å². The molecule has 2 nitrogen and oxygen atoms in total. The van der Waals surface area contributed by atoms with Gasteiger partial charge >= 0.3 is 0 Å². The highest BCUT2D eigenvalue weighted by molar-refractivity contribution is 5.83. The van der Waals surface area contributed by atoms with Crippen LogP contribution in [0.25, 0.3) is 10.8 Å². The van der Waals surface area contributed by atoms with Crippen molar-refractivity contribution in [3.8, 4) is 6.07 Å². The van der Waals surface area contributed by atoms with Gasteiger partial charge in [0.05, 0.1) is 11.5 Å². The normalized spacial score (nSPS) is 15.5. The van der Waals surface area contributed by atoms with Crippen LogP contribution in [0.2, 0.25) is 0 Å². The van der Waals surface area contributed by atoms with Crippen molar-refractivity contribution >= 4 is 10.8 Å². The summed E-state index contributed by atoms with van der Waals surface area (Å²) in [5, 5.41) is 12.5. The molecule has 2 atom stereocenters. The molecule has 0 heterocycles. The first-order valence-corrected chi connectivity index (χ1v) is 8.08. The fourth-order valence-corrected chi connectivity index (χ4v) is 3.12. The summed E-state index contributed by atoms with van der Waals surface area (Å²) in [6, 6.07) is 17.5. The molecule has 22 heavy (non-hydrogen) atoms. The van der Waals surface area contributed by atoms with Crippen molar-refractivity contribution in [1.29, 1.82) is 5.26 Å². The lowest BCUT2D eigenvalue weighted by Crippen LogP contribution is -2.35. The second kappa shape index (κ2) is 6.94. The third-order valence-electron chi connectivity index (χ3n) is 4.87. The van der Waals surface area contributed by atoms with Crippen LogP contribution < -0.4 is 0 Å². The maximum absolute atomic E-state index is 10.0. The largest absolute Gasteiger partial charge is 0.309 e. The van der Waals surface area contributed by atoms with E-state index in [-0.39, 0.29) is 0 Å². The van der Waals surface area contributed by atoms with E-state index in [0.717, 1.165) is 24.9 Å². The van der Waals surface area contributed by atoms with Crippen LogP contribution >= 0.6 is 0 Å². The molecule has 116 valence electrons. The zero-order valence-electron chi connectivity index (χ0n) is 14.1. The molecule has 0 amide bonds. The highest BCUT2D eigenvalue weighted by atomic mass is 15.0. The molecule has 0 unspecified atom stereocenters. The Hall–Kier alpha value is -1.85. The lowest BCUT2D eigenvalue weighted by Gasteiger charge is -2.34. The smallest absolute Gasteiger partial charge is 0.0860 e. The van der Waals surface area contributed by atoms with E-state index in [1.165, 1.54) is 10.8 Å². The standard InChI is InChI=1S/C20H26N2/c1-5-16(2)20(15-21,12-13-22(3)4)19-11-10-17-8-6-7-9-18(17)14-19/h6-11,14,16H,5,12-13H2,1-4H3/t16-,20-/m1/s1. The molecule has 0 N–H and O–H groups in total.